The maximum atomic E-state index is 6.19. The number of aliphatic imine (C=N–C) groups is 1. The molecule has 0 aromatic heterocycles. The molecule has 1 heterocycles. The molecule has 0 radical (unpaired) electrons. The largest absolute Gasteiger partial charge is 0.356 e. The quantitative estimate of drug-likeness (QED) is 0.430. The van der Waals surface area contributed by atoms with Crippen LogP contribution in [0.4, 0.5) is 0 Å². The lowest BCUT2D eigenvalue weighted by molar-refractivity contribution is 0.152. The van der Waals surface area contributed by atoms with Crippen LogP contribution in [0.15, 0.2) is 23.2 Å². The van der Waals surface area contributed by atoms with Crippen LogP contribution < -0.4 is 10.6 Å². The van der Waals surface area contributed by atoms with Crippen LogP contribution in [0.25, 0.3) is 0 Å². The highest BCUT2D eigenvalue weighted by molar-refractivity contribution is 6.35. The SMILES string of the molecule is CN=C(NCCCCN1CCN(C)CC1)NCc1ccc(Cl)cc1Cl. The molecule has 0 unspecified atom stereocenters. The highest BCUT2D eigenvalue weighted by Crippen LogP contribution is 2.20. The van der Waals surface area contributed by atoms with Gasteiger partial charge in [0.1, 0.15) is 0 Å². The van der Waals surface area contributed by atoms with Gasteiger partial charge in [-0.2, -0.15) is 0 Å². The third-order valence-electron chi connectivity index (χ3n) is 4.47. The average Bonchev–Trinajstić information content (AvgIpc) is 2.60. The molecule has 140 valence electrons. The number of piperazine rings is 1. The van der Waals surface area contributed by atoms with Gasteiger partial charge in [0.2, 0.25) is 0 Å². The molecule has 0 spiro atoms. The van der Waals surface area contributed by atoms with Gasteiger partial charge in [0.25, 0.3) is 0 Å². The molecule has 5 nitrogen and oxygen atoms in total. The first-order chi connectivity index (χ1) is 12.1. The van der Waals surface area contributed by atoms with Crippen molar-refractivity contribution in [2.24, 2.45) is 4.99 Å². The van der Waals surface area contributed by atoms with Crippen LogP contribution in [-0.2, 0) is 6.54 Å². The molecule has 1 fully saturated rings. The second kappa shape index (κ2) is 10.9. The molecule has 7 heteroatoms. The van der Waals surface area contributed by atoms with E-state index >= 15 is 0 Å². The summed E-state index contributed by atoms with van der Waals surface area (Å²) in [4.78, 5) is 9.20. The van der Waals surface area contributed by atoms with Gasteiger partial charge in [-0.15, -0.1) is 0 Å². The van der Waals surface area contributed by atoms with Crippen molar-refractivity contribution < 1.29 is 0 Å². The Labute approximate surface area is 161 Å². The molecule has 1 saturated heterocycles. The number of guanidine groups is 1. The van der Waals surface area contributed by atoms with Crippen molar-refractivity contribution >= 4 is 29.2 Å². The van der Waals surface area contributed by atoms with E-state index in [2.05, 4.69) is 32.5 Å². The second-order valence-corrected chi connectivity index (χ2v) is 7.28. The summed E-state index contributed by atoms with van der Waals surface area (Å²) < 4.78 is 0. The fourth-order valence-corrected chi connectivity index (χ4v) is 3.28. The first kappa shape index (κ1) is 20.3. The molecule has 1 aliphatic rings. The van der Waals surface area contributed by atoms with Crippen molar-refractivity contribution in [3.05, 3.63) is 33.8 Å². The number of likely N-dealkylation sites (N-methyl/N-ethyl adjacent to an activating group) is 1. The number of unbranched alkanes of at least 4 members (excludes halogenated alkanes) is 1. The lowest BCUT2D eigenvalue weighted by Gasteiger charge is -2.32. The topological polar surface area (TPSA) is 42.9 Å². The summed E-state index contributed by atoms with van der Waals surface area (Å²) in [5.41, 5.74) is 1.00. The van der Waals surface area contributed by atoms with Crippen LogP contribution in [0.2, 0.25) is 10.0 Å². The monoisotopic (exact) mass is 385 g/mol. The lowest BCUT2D eigenvalue weighted by atomic mass is 10.2. The first-order valence-electron chi connectivity index (χ1n) is 8.88. The summed E-state index contributed by atoms with van der Waals surface area (Å²) in [7, 11) is 3.97. The van der Waals surface area contributed by atoms with Gasteiger partial charge in [-0.05, 0) is 44.1 Å². The van der Waals surface area contributed by atoms with Crippen molar-refractivity contribution in [2.45, 2.75) is 19.4 Å². The Morgan fingerprint density at radius 2 is 1.88 bits per heavy atom. The van der Waals surface area contributed by atoms with Gasteiger partial charge in [-0.25, -0.2) is 0 Å². The van der Waals surface area contributed by atoms with Crippen molar-refractivity contribution in [3.8, 4) is 0 Å². The zero-order valence-electron chi connectivity index (χ0n) is 15.2. The molecule has 1 aromatic carbocycles. The summed E-state index contributed by atoms with van der Waals surface area (Å²) >= 11 is 12.1. The standard InChI is InChI=1S/C18H29Cl2N5/c1-21-18(23-14-15-5-6-16(19)13-17(15)20)22-7-3-4-8-25-11-9-24(2)10-12-25/h5-6,13H,3-4,7-12,14H2,1-2H3,(H2,21,22,23). The highest BCUT2D eigenvalue weighted by Gasteiger charge is 2.12. The Hall–Kier alpha value is -1.01. The smallest absolute Gasteiger partial charge is 0.191 e. The van der Waals surface area contributed by atoms with Crippen molar-refractivity contribution in [3.63, 3.8) is 0 Å². The van der Waals surface area contributed by atoms with E-state index in [1.807, 2.05) is 12.1 Å². The third-order valence-corrected chi connectivity index (χ3v) is 5.06. The molecule has 2 N–H and O–H groups in total. The van der Waals surface area contributed by atoms with E-state index in [0.717, 1.165) is 24.5 Å². The minimum Gasteiger partial charge on any atom is -0.356 e. The van der Waals surface area contributed by atoms with Gasteiger partial charge in [0.05, 0.1) is 0 Å². The summed E-state index contributed by atoms with van der Waals surface area (Å²) in [6.45, 7) is 7.47. The summed E-state index contributed by atoms with van der Waals surface area (Å²) in [6, 6.07) is 5.54. The van der Waals surface area contributed by atoms with E-state index in [4.69, 9.17) is 23.2 Å². The fourth-order valence-electron chi connectivity index (χ4n) is 2.80. The minimum absolute atomic E-state index is 0.622. The zero-order valence-corrected chi connectivity index (χ0v) is 16.7. The molecule has 2 rings (SSSR count). The Morgan fingerprint density at radius 3 is 2.56 bits per heavy atom. The Kier molecular flexibility index (Phi) is 8.82. The molecule has 0 atom stereocenters. The first-order valence-corrected chi connectivity index (χ1v) is 9.63. The number of hydrogen-bond acceptors (Lipinski definition) is 3. The van der Waals surface area contributed by atoms with Crippen LogP contribution in [0.1, 0.15) is 18.4 Å². The minimum atomic E-state index is 0.622. The van der Waals surface area contributed by atoms with Gasteiger partial charge in [-0.3, -0.25) is 4.99 Å². The molecule has 0 saturated carbocycles. The van der Waals surface area contributed by atoms with Crippen molar-refractivity contribution in [2.75, 3.05) is 53.4 Å². The van der Waals surface area contributed by atoms with Gasteiger partial charge in [0, 0.05) is 56.4 Å². The summed E-state index contributed by atoms with van der Waals surface area (Å²) in [6.07, 6.45) is 2.34. The number of rotatable bonds is 7. The maximum absolute atomic E-state index is 6.19. The van der Waals surface area contributed by atoms with E-state index in [0.29, 0.717) is 16.6 Å². The number of nitrogens with one attached hydrogen (secondary N) is 2. The van der Waals surface area contributed by atoms with Gasteiger partial charge < -0.3 is 20.4 Å². The maximum Gasteiger partial charge on any atom is 0.191 e. The van der Waals surface area contributed by atoms with E-state index in [9.17, 15) is 0 Å². The number of benzene rings is 1. The number of halogens is 2. The molecule has 0 bridgehead atoms. The van der Waals surface area contributed by atoms with Crippen LogP contribution in [-0.4, -0.2) is 69.1 Å². The summed E-state index contributed by atoms with van der Waals surface area (Å²) in [5, 5.41) is 7.96. The number of nitrogens with zero attached hydrogens (tertiary/aromatic N) is 3. The van der Waals surface area contributed by atoms with Gasteiger partial charge >= 0.3 is 0 Å². The van der Waals surface area contributed by atoms with E-state index in [1.54, 1.807) is 13.1 Å². The van der Waals surface area contributed by atoms with Crippen LogP contribution in [0.3, 0.4) is 0 Å². The highest BCUT2D eigenvalue weighted by atomic mass is 35.5. The molecular weight excluding hydrogens is 357 g/mol. The predicted octanol–water partition coefficient (Wildman–Crippen LogP) is 2.69. The predicted molar refractivity (Wildman–Crippen MR) is 108 cm³/mol. The fraction of sp³-hybridized carbons (Fsp3) is 0.611. The molecular formula is C18H29Cl2N5. The average molecular weight is 386 g/mol. The Bertz CT molecular complexity index is 556. The molecule has 1 aliphatic heterocycles. The zero-order chi connectivity index (χ0) is 18.1. The third kappa shape index (κ3) is 7.40. The summed E-state index contributed by atoms with van der Waals surface area (Å²) in [5.74, 6) is 0.797. The number of hydrogen-bond donors (Lipinski definition) is 2. The van der Waals surface area contributed by atoms with E-state index < -0.39 is 0 Å². The normalized spacial score (nSPS) is 16.9. The van der Waals surface area contributed by atoms with Gasteiger partial charge in [0.15, 0.2) is 5.96 Å². The molecule has 1 aromatic rings. The molecule has 0 aliphatic carbocycles. The second-order valence-electron chi connectivity index (χ2n) is 6.44. The Balaban J connectivity index is 1.60. The molecule has 25 heavy (non-hydrogen) atoms. The Morgan fingerprint density at radius 1 is 1.12 bits per heavy atom. The lowest BCUT2D eigenvalue weighted by Crippen LogP contribution is -2.44. The van der Waals surface area contributed by atoms with Crippen LogP contribution in [0, 0.1) is 0 Å². The van der Waals surface area contributed by atoms with Crippen molar-refractivity contribution in [1.29, 1.82) is 0 Å². The van der Waals surface area contributed by atoms with Crippen LogP contribution >= 0.6 is 23.2 Å². The van der Waals surface area contributed by atoms with Gasteiger partial charge in [-0.1, -0.05) is 29.3 Å². The van der Waals surface area contributed by atoms with Crippen LogP contribution in [0.5, 0.6) is 0 Å². The van der Waals surface area contributed by atoms with E-state index in [-0.39, 0.29) is 0 Å². The van der Waals surface area contributed by atoms with E-state index in [1.165, 1.54) is 39.1 Å². The molecule has 0 amide bonds. The van der Waals surface area contributed by atoms with Crippen molar-refractivity contribution in [1.82, 2.24) is 20.4 Å².